The molecule has 0 radical (unpaired) electrons. The maximum absolute atomic E-state index is 13.2. The molecular formula is C27H33NO8. The maximum Gasteiger partial charge on any atom is 0.417 e. The first-order valence-corrected chi connectivity index (χ1v) is 11.7. The number of aryl methyl sites for hydroxylation is 1. The van der Waals surface area contributed by atoms with E-state index in [4.69, 9.17) is 9.47 Å². The second kappa shape index (κ2) is 10.8. The van der Waals surface area contributed by atoms with Crippen molar-refractivity contribution in [2.75, 3.05) is 7.11 Å². The molecule has 1 atom stereocenters. The fraction of sp³-hybridized carbons (Fsp3) is 0.444. The highest BCUT2D eigenvalue weighted by Gasteiger charge is 2.36. The zero-order valence-electron chi connectivity index (χ0n) is 21.3. The lowest BCUT2D eigenvalue weighted by Crippen LogP contribution is -2.42. The lowest BCUT2D eigenvalue weighted by molar-refractivity contribution is -0.130. The van der Waals surface area contributed by atoms with Crippen molar-refractivity contribution in [2.45, 2.75) is 72.0 Å². The van der Waals surface area contributed by atoms with Gasteiger partial charge in [0.05, 0.1) is 33.0 Å². The van der Waals surface area contributed by atoms with Crippen molar-refractivity contribution in [3.05, 3.63) is 62.3 Å². The van der Waals surface area contributed by atoms with Crippen LogP contribution in [0.3, 0.4) is 0 Å². The highest BCUT2D eigenvalue weighted by Crippen LogP contribution is 2.43. The molecule has 2 aromatic rings. The number of hydrogen-bond donors (Lipinski definition) is 3. The van der Waals surface area contributed by atoms with Crippen molar-refractivity contribution in [1.29, 1.82) is 0 Å². The van der Waals surface area contributed by atoms with Gasteiger partial charge in [-0.15, -0.1) is 0 Å². The number of imide groups is 1. The molecule has 0 unspecified atom stereocenters. The highest BCUT2D eigenvalue weighted by atomic mass is 16.6. The van der Waals surface area contributed by atoms with Crippen LogP contribution in [0.25, 0.3) is 11.1 Å². The highest BCUT2D eigenvalue weighted by molar-refractivity contribution is 5.92. The van der Waals surface area contributed by atoms with Crippen LogP contribution in [0.2, 0.25) is 0 Å². The van der Waals surface area contributed by atoms with Crippen molar-refractivity contribution in [2.24, 2.45) is 0 Å². The van der Waals surface area contributed by atoms with Gasteiger partial charge in [0.2, 0.25) is 11.3 Å². The van der Waals surface area contributed by atoms with Crippen LogP contribution >= 0.6 is 0 Å². The molecular weight excluding hydrogens is 466 g/mol. The quantitative estimate of drug-likeness (QED) is 0.572. The number of amides is 2. The van der Waals surface area contributed by atoms with Crippen LogP contribution in [0.4, 0.5) is 4.79 Å². The van der Waals surface area contributed by atoms with Crippen molar-refractivity contribution in [3.63, 3.8) is 0 Å². The average molecular weight is 500 g/mol. The van der Waals surface area contributed by atoms with E-state index in [1.165, 1.54) is 26.2 Å². The zero-order chi connectivity index (χ0) is 26.8. The van der Waals surface area contributed by atoms with Gasteiger partial charge in [-0.2, -0.15) is 0 Å². The van der Waals surface area contributed by atoms with E-state index in [-0.39, 0.29) is 18.8 Å². The first-order chi connectivity index (χ1) is 17.0. The summed E-state index contributed by atoms with van der Waals surface area (Å²) in [6.07, 6.45) is -0.210. The first kappa shape index (κ1) is 27.3. The molecule has 2 aromatic carbocycles. The Morgan fingerprint density at radius 3 is 2.25 bits per heavy atom. The van der Waals surface area contributed by atoms with Crippen LogP contribution in [0.15, 0.2) is 29.1 Å². The van der Waals surface area contributed by atoms with Gasteiger partial charge in [0, 0.05) is 6.92 Å². The average Bonchev–Trinajstić information content (AvgIpc) is 3.05. The van der Waals surface area contributed by atoms with E-state index in [1.54, 1.807) is 32.9 Å². The Balaban J connectivity index is 2.40. The van der Waals surface area contributed by atoms with Crippen molar-refractivity contribution >= 4 is 12.0 Å². The van der Waals surface area contributed by atoms with Gasteiger partial charge >= 0.3 is 6.09 Å². The molecule has 0 heterocycles. The Morgan fingerprint density at radius 2 is 1.72 bits per heavy atom. The molecule has 0 saturated carbocycles. The lowest BCUT2D eigenvalue weighted by atomic mass is 9.87. The predicted molar refractivity (Wildman–Crippen MR) is 132 cm³/mol. The van der Waals surface area contributed by atoms with Crippen LogP contribution in [-0.2, 0) is 35.8 Å². The summed E-state index contributed by atoms with van der Waals surface area (Å²) < 4.78 is 10.8. The number of carbonyl (C=O) groups excluding carboxylic acids is 2. The molecule has 3 rings (SSSR count). The van der Waals surface area contributed by atoms with E-state index >= 15 is 0 Å². The summed E-state index contributed by atoms with van der Waals surface area (Å²) in [6, 6.07) is 5.39. The molecule has 0 aliphatic heterocycles. The Morgan fingerprint density at radius 1 is 1.06 bits per heavy atom. The van der Waals surface area contributed by atoms with E-state index in [0.717, 1.165) is 10.5 Å². The molecule has 2 amide bonds. The topological polar surface area (TPSA) is 134 Å². The number of nitrogens with zero attached hydrogens (tertiary/aromatic N) is 1. The molecule has 0 saturated heterocycles. The standard InChI is InChI=1S/C27H33NO8/c1-15(32)28(26(34)36-27(2,3)4)22-8-6-16-10-17(12-29)20(13-30)21(14-31)25(16)18-7-9-24(35-5)23(33)11-19(18)22/h7,9-11,22,29-31H,6,8,12-14H2,1-5H3/t22-/m0/s1. The number of rotatable bonds is 5. The Hall–Kier alpha value is -3.27. The van der Waals surface area contributed by atoms with Crippen molar-refractivity contribution < 1.29 is 34.4 Å². The van der Waals surface area contributed by atoms with Gasteiger partial charge in [0.15, 0.2) is 5.75 Å². The first-order valence-electron chi connectivity index (χ1n) is 11.7. The minimum Gasteiger partial charge on any atom is -0.493 e. The van der Waals surface area contributed by atoms with Gasteiger partial charge in [0.1, 0.15) is 5.60 Å². The van der Waals surface area contributed by atoms with Gasteiger partial charge in [0.25, 0.3) is 0 Å². The molecule has 1 aliphatic carbocycles. The SMILES string of the molecule is COc1ccc2c(cc1=O)[C@@H](N(C(C)=O)C(=O)OC(C)(C)C)CCc1cc(CO)c(CO)c(CO)c1-2. The van der Waals surface area contributed by atoms with Crippen molar-refractivity contribution in [1.82, 2.24) is 4.90 Å². The van der Waals surface area contributed by atoms with Crippen LogP contribution < -0.4 is 10.2 Å². The molecule has 36 heavy (non-hydrogen) atoms. The monoisotopic (exact) mass is 499 g/mol. The summed E-state index contributed by atoms with van der Waals surface area (Å²) in [7, 11) is 1.37. The maximum atomic E-state index is 13.2. The summed E-state index contributed by atoms with van der Waals surface area (Å²) in [5.74, 6) is -0.485. The van der Waals surface area contributed by atoms with E-state index in [9.17, 15) is 29.7 Å². The number of benzene rings is 1. The predicted octanol–water partition coefficient (Wildman–Crippen LogP) is 2.97. The molecule has 9 nitrogen and oxygen atoms in total. The minimum absolute atomic E-state index is 0.0647. The third-order valence-corrected chi connectivity index (χ3v) is 6.23. The molecule has 194 valence electrons. The number of carbonyl (C=O) groups is 2. The summed E-state index contributed by atoms with van der Waals surface area (Å²) in [4.78, 5) is 40.0. The van der Waals surface area contributed by atoms with Gasteiger partial charge in [-0.1, -0.05) is 12.1 Å². The summed E-state index contributed by atoms with van der Waals surface area (Å²) in [6.45, 7) is 5.16. The van der Waals surface area contributed by atoms with Crippen LogP contribution in [-0.4, -0.2) is 44.9 Å². The number of ether oxygens (including phenoxy) is 2. The molecule has 0 spiro atoms. The molecule has 1 aliphatic rings. The molecule has 0 fully saturated rings. The van der Waals surface area contributed by atoms with E-state index in [0.29, 0.717) is 39.8 Å². The van der Waals surface area contributed by atoms with Gasteiger partial charge in [-0.05, 0) is 84.7 Å². The number of methoxy groups -OCH3 is 1. The zero-order valence-corrected chi connectivity index (χ0v) is 21.3. The Labute approximate surface area is 209 Å². The summed E-state index contributed by atoms with van der Waals surface area (Å²) in [5, 5.41) is 30.3. The summed E-state index contributed by atoms with van der Waals surface area (Å²) in [5.41, 5.74) is 2.19. The van der Waals surface area contributed by atoms with E-state index in [2.05, 4.69) is 0 Å². The van der Waals surface area contributed by atoms with Crippen LogP contribution in [0.1, 0.15) is 68.0 Å². The van der Waals surface area contributed by atoms with Crippen LogP contribution in [0.5, 0.6) is 5.75 Å². The molecule has 9 heteroatoms. The normalized spacial score (nSPS) is 14.8. The molecule has 0 bridgehead atoms. The fourth-order valence-corrected chi connectivity index (χ4v) is 4.76. The number of hydrogen-bond acceptors (Lipinski definition) is 8. The van der Waals surface area contributed by atoms with Crippen molar-refractivity contribution in [3.8, 4) is 16.9 Å². The third kappa shape index (κ3) is 5.28. The Kier molecular flexibility index (Phi) is 8.18. The van der Waals surface area contributed by atoms with Crippen LogP contribution in [0, 0.1) is 0 Å². The van der Waals surface area contributed by atoms with Gasteiger partial charge in [-0.25, -0.2) is 9.69 Å². The van der Waals surface area contributed by atoms with Gasteiger partial charge < -0.3 is 24.8 Å². The largest absolute Gasteiger partial charge is 0.493 e. The molecule has 3 N–H and O–H groups in total. The smallest absolute Gasteiger partial charge is 0.417 e. The van der Waals surface area contributed by atoms with E-state index < -0.39 is 42.3 Å². The molecule has 0 aromatic heterocycles. The number of fused-ring (bicyclic) bond motifs is 3. The number of aliphatic hydroxyl groups is 3. The summed E-state index contributed by atoms with van der Waals surface area (Å²) >= 11 is 0. The fourth-order valence-electron chi connectivity index (χ4n) is 4.76. The Bertz CT molecular complexity index is 1230. The van der Waals surface area contributed by atoms with Gasteiger partial charge in [-0.3, -0.25) is 9.59 Å². The third-order valence-electron chi connectivity index (χ3n) is 6.23. The second-order valence-corrected chi connectivity index (χ2v) is 9.70. The second-order valence-electron chi connectivity index (χ2n) is 9.70. The van der Waals surface area contributed by atoms with E-state index in [1.807, 2.05) is 0 Å². The number of aliphatic hydroxyl groups excluding tert-OH is 3. The minimum atomic E-state index is -0.855. The lowest BCUT2D eigenvalue weighted by Gasteiger charge is -2.31.